The van der Waals surface area contributed by atoms with E-state index in [1.54, 1.807) is 18.2 Å². The van der Waals surface area contributed by atoms with Crippen molar-refractivity contribution in [2.24, 2.45) is 52.3 Å². The van der Waals surface area contributed by atoms with Crippen molar-refractivity contribution in [1.29, 1.82) is 0 Å². The van der Waals surface area contributed by atoms with Crippen LogP contribution < -0.4 is 10.0 Å². The Bertz CT molecular complexity index is 1260. The Morgan fingerprint density at radius 3 is 2.33 bits per heavy atom. The van der Waals surface area contributed by atoms with Crippen LogP contribution in [0.4, 0.5) is 0 Å². The Kier molecular flexibility index (Phi) is 8.87. The molecule has 4 aliphatic carbocycles. The third-order valence-electron chi connectivity index (χ3n) is 12.5. The van der Waals surface area contributed by atoms with Gasteiger partial charge in [-0.25, -0.2) is 13.1 Å². The van der Waals surface area contributed by atoms with Gasteiger partial charge in [0.25, 0.3) is 15.9 Å². The molecule has 11 atom stereocenters. The van der Waals surface area contributed by atoms with Gasteiger partial charge in [0.1, 0.15) is 0 Å². The Balaban J connectivity index is 1.16. The number of rotatable bonds is 8. The van der Waals surface area contributed by atoms with Crippen LogP contribution in [0.15, 0.2) is 35.2 Å². The number of nitrogens with one attached hydrogen (secondary N) is 2. The number of benzene rings is 1. The normalized spacial score (nSPS) is 40.2. The maximum atomic E-state index is 12.6. The van der Waals surface area contributed by atoms with Crippen molar-refractivity contribution in [2.45, 2.75) is 103 Å². The number of amides is 2. The van der Waals surface area contributed by atoms with Crippen LogP contribution in [0.1, 0.15) is 85.5 Å². The van der Waals surface area contributed by atoms with E-state index in [9.17, 15) is 28.2 Å². The third-order valence-corrected chi connectivity index (χ3v) is 13.9. The minimum Gasteiger partial charge on any atom is -0.393 e. The topological polar surface area (TPSA) is 133 Å². The molecule has 0 radical (unpaired) electrons. The van der Waals surface area contributed by atoms with Crippen molar-refractivity contribution in [2.75, 3.05) is 6.54 Å². The molecule has 5 rings (SSSR count). The number of fused-ring (bicyclic) bond motifs is 5. The van der Waals surface area contributed by atoms with Gasteiger partial charge in [0.05, 0.1) is 23.6 Å². The van der Waals surface area contributed by atoms with Crippen LogP contribution in [0.3, 0.4) is 0 Å². The molecule has 8 nitrogen and oxygen atoms in total. The van der Waals surface area contributed by atoms with Gasteiger partial charge < -0.3 is 15.5 Å². The summed E-state index contributed by atoms with van der Waals surface area (Å²) in [7, 11) is -3.97. The quantitative estimate of drug-likeness (QED) is 0.352. The molecule has 0 aliphatic heterocycles. The molecule has 0 saturated heterocycles. The number of hydrogen-bond acceptors (Lipinski definition) is 6. The maximum Gasteiger partial charge on any atom is 0.264 e. The highest BCUT2D eigenvalue weighted by atomic mass is 32.2. The van der Waals surface area contributed by atoms with Crippen LogP contribution in [0, 0.1) is 52.3 Å². The fraction of sp³-hybridized carbons (Fsp3) is 0.758. The monoisotopic (exact) mass is 602 g/mol. The summed E-state index contributed by atoms with van der Waals surface area (Å²) in [6.45, 7) is 8.92. The minimum absolute atomic E-state index is 0.00226. The van der Waals surface area contributed by atoms with E-state index in [4.69, 9.17) is 0 Å². The molecule has 42 heavy (non-hydrogen) atoms. The Morgan fingerprint density at radius 1 is 0.952 bits per heavy atom. The summed E-state index contributed by atoms with van der Waals surface area (Å²) in [6, 6.07) is 7.67. The van der Waals surface area contributed by atoms with Crippen LogP contribution in [-0.4, -0.2) is 49.2 Å². The highest BCUT2D eigenvalue weighted by molar-refractivity contribution is 7.90. The molecule has 9 heteroatoms. The van der Waals surface area contributed by atoms with E-state index in [1.165, 1.54) is 12.1 Å². The van der Waals surface area contributed by atoms with Gasteiger partial charge in [-0.2, -0.15) is 0 Å². The van der Waals surface area contributed by atoms with Crippen molar-refractivity contribution >= 4 is 21.8 Å². The number of hydrogen-bond donors (Lipinski definition) is 4. The molecule has 0 bridgehead atoms. The zero-order valence-corrected chi connectivity index (χ0v) is 26.4. The van der Waals surface area contributed by atoms with E-state index in [0.717, 1.165) is 44.9 Å². The first-order valence-corrected chi connectivity index (χ1v) is 17.5. The first kappa shape index (κ1) is 31.5. The van der Waals surface area contributed by atoms with E-state index in [1.807, 2.05) is 4.72 Å². The molecular formula is C33H50N2O6S. The lowest BCUT2D eigenvalue weighted by Crippen LogP contribution is -2.61. The van der Waals surface area contributed by atoms with Gasteiger partial charge in [-0.05, 0) is 116 Å². The smallest absolute Gasteiger partial charge is 0.264 e. The second-order valence-corrected chi connectivity index (χ2v) is 16.2. The van der Waals surface area contributed by atoms with Crippen LogP contribution in [0.5, 0.6) is 0 Å². The van der Waals surface area contributed by atoms with Crippen molar-refractivity contribution in [1.82, 2.24) is 10.0 Å². The van der Waals surface area contributed by atoms with Gasteiger partial charge in [0, 0.05) is 6.42 Å². The molecule has 4 saturated carbocycles. The summed E-state index contributed by atoms with van der Waals surface area (Å²) < 4.78 is 26.7. The molecule has 0 heterocycles. The summed E-state index contributed by atoms with van der Waals surface area (Å²) in [5, 5.41) is 24.7. The van der Waals surface area contributed by atoms with Crippen molar-refractivity contribution < 1.29 is 28.2 Å². The van der Waals surface area contributed by atoms with Crippen molar-refractivity contribution in [3.05, 3.63) is 30.3 Å². The lowest BCUT2D eigenvalue weighted by Gasteiger charge is -2.64. The minimum atomic E-state index is -3.97. The standard InChI is InChI=1S/C33H50N2O6S/c1-20(10-13-28(37)34-19-29(38)35-42(40,41)23-8-6-5-7-9-23)24-11-12-25-30-26(15-17-32(24,25)3)33(4)16-14-22(36)18-27(33)21(2)31(30)39/h5-9,20-22,24-27,30-31,36,39H,10-19H2,1-4H3,(H,34,37)(H,35,38)/t20-,21-,22-,24?,25+,26+,27?,30+,31-,32?,33?/m1/s1. The van der Waals surface area contributed by atoms with Crippen LogP contribution in [-0.2, 0) is 19.6 Å². The van der Waals surface area contributed by atoms with E-state index < -0.39 is 22.5 Å². The predicted octanol–water partition coefficient (Wildman–Crippen LogP) is 4.26. The molecule has 4 fully saturated rings. The average molecular weight is 603 g/mol. The molecule has 1 aromatic carbocycles. The van der Waals surface area contributed by atoms with E-state index in [2.05, 4.69) is 33.0 Å². The van der Waals surface area contributed by atoms with Gasteiger partial charge in [-0.1, -0.05) is 45.9 Å². The Labute approximate surface area is 251 Å². The van der Waals surface area contributed by atoms with Gasteiger partial charge in [0.2, 0.25) is 5.91 Å². The van der Waals surface area contributed by atoms with Crippen molar-refractivity contribution in [3.63, 3.8) is 0 Å². The zero-order valence-electron chi connectivity index (χ0n) is 25.6. The summed E-state index contributed by atoms with van der Waals surface area (Å²) in [6.07, 6.45) is 7.61. The Morgan fingerprint density at radius 2 is 1.62 bits per heavy atom. The summed E-state index contributed by atoms with van der Waals surface area (Å²) in [4.78, 5) is 24.9. The second kappa shape index (κ2) is 11.8. The largest absolute Gasteiger partial charge is 0.393 e. The van der Waals surface area contributed by atoms with Crippen LogP contribution in [0.2, 0.25) is 0 Å². The number of carbonyl (C=O) groups is 2. The number of carbonyl (C=O) groups excluding carboxylic acids is 2. The van der Waals surface area contributed by atoms with Gasteiger partial charge in [0.15, 0.2) is 0 Å². The molecule has 2 amide bonds. The Hall–Kier alpha value is -1.97. The molecule has 0 spiro atoms. The molecular weight excluding hydrogens is 552 g/mol. The molecule has 234 valence electrons. The van der Waals surface area contributed by atoms with Crippen LogP contribution >= 0.6 is 0 Å². The first-order chi connectivity index (χ1) is 19.8. The van der Waals surface area contributed by atoms with E-state index >= 15 is 0 Å². The van der Waals surface area contributed by atoms with Crippen LogP contribution in [0.25, 0.3) is 0 Å². The molecule has 4 N–H and O–H groups in total. The summed E-state index contributed by atoms with van der Waals surface area (Å²) in [5.74, 6) is 1.58. The predicted molar refractivity (Wildman–Crippen MR) is 160 cm³/mol. The lowest BCUT2D eigenvalue weighted by atomic mass is 9.42. The maximum absolute atomic E-state index is 12.6. The lowest BCUT2D eigenvalue weighted by molar-refractivity contribution is -0.199. The average Bonchev–Trinajstić information content (AvgIpc) is 3.31. The van der Waals surface area contributed by atoms with Gasteiger partial charge in [-0.3, -0.25) is 9.59 Å². The third kappa shape index (κ3) is 5.65. The fourth-order valence-corrected chi connectivity index (χ4v) is 11.3. The number of aliphatic hydroxyl groups excluding tert-OH is 2. The SMILES string of the molecule is C[C@H](CCC(=O)NCC(=O)NS(=O)(=O)c1ccccc1)C1CC[C@H]2[C@@H]3[C@H](O)[C@H](C)C4C[C@H](O)CCC4(C)[C@H]3CCC12C. The molecule has 0 aromatic heterocycles. The molecule has 4 aliphatic rings. The van der Waals surface area contributed by atoms with E-state index in [-0.39, 0.29) is 46.2 Å². The van der Waals surface area contributed by atoms with Crippen molar-refractivity contribution in [3.8, 4) is 0 Å². The highest BCUT2D eigenvalue weighted by Gasteiger charge is 2.64. The number of sulfonamides is 1. The zero-order chi connectivity index (χ0) is 30.4. The van der Waals surface area contributed by atoms with Gasteiger partial charge >= 0.3 is 0 Å². The first-order valence-electron chi connectivity index (χ1n) is 16.0. The van der Waals surface area contributed by atoms with E-state index in [0.29, 0.717) is 41.9 Å². The summed E-state index contributed by atoms with van der Waals surface area (Å²) in [5.41, 5.74) is 0.305. The second-order valence-electron chi connectivity index (χ2n) is 14.5. The molecule has 1 aromatic rings. The fourth-order valence-electron chi connectivity index (χ4n) is 10.3. The van der Waals surface area contributed by atoms with Gasteiger partial charge in [-0.15, -0.1) is 0 Å². The molecule has 4 unspecified atom stereocenters. The summed E-state index contributed by atoms with van der Waals surface area (Å²) >= 11 is 0. The highest BCUT2D eigenvalue weighted by Crippen LogP contribution is 2.69. The number of aliphatic hydroxyl groups is 2.